The van der Waals surface area contributed by atoms with Crippen LogP contribution in [0.25, 0.3) is 0 Å². The van der Waals surface area contributed by atoms with Gasteiger partial charge in [-0.05, 0) is 51.7 Å². The van der Waals surface area contributed by atoms with Crippen LogP contribution in [-0.4, -0.2) is 24.1 Å². The van der Waals surface area contributed by atoms with E-state index in [4.69, 9.17) is 4.98 Å². The van der Waals surface area contributed by atoms with E-state index in [1.165, 1.54) is 19.3 Å². The molecule has 1 heterocycles. The zero-order valence-corrected chi connectivity index (χ0v) is 12.7. The lowest BCUT2D eigenvalue weighted by Gasteiger charge is -2.31. The minimum absolute atomic E-state index is 0.134. The van der Waals surface area contributed by atoms with Gasteiger partial charge in [-0.1, -0.05) is 12.5 Å². The minimum Gasteiger partial charge on any atom is -0.359 e. The molecule has 0 atom stereocenters. The smallest absolute Gasteiger partial charge is 0.128 e. The summed E-state index contributed by atoms with van der Waals surface area (Å²) in [5.74, 6) is 1.98. The van der Waals surface area contributed by atoms with Crippen LogP contribution in [0.1, 0.15) is 45.7 Å². The lowest BCUT2D eigenvalue weighted by Crippen LogP contribution is -2.35. The highest BCUT2D eigenvalue weighted by molar-refractivity contribution is 5.38. The molecule has 1 fully saturated rings. The number of aromatic nitrogens is 1. The van der Waals surface area contributed by atoms with E-state index in [0.29, 0.717) is 0 Å². The van der Waals surface area contributed by atoms with Crippen molar-refractivity contribution in [1.29, 1.82) is 0 Å². The number of hydrogen-bond acceptors (Lipinski definition) is 3. The maximum absolute atomic E-state index is 4.75. The first kappa shape index (κ1) is 14.3. The maximum atomic E-state index is 4.75. The van der Waals surface area contributed by atoms with E-state index in [1.54, 1.807) is 0 Å². The monoisotopic (exact) mass is 261 g/mol. The normalized spacial score (nSPS) is 16.2. The molecule has 0 saturated heterocycles. The summed E-state index contributed by atoms with van der Waals surface area (Å²) in [4.78, 5) is 7.05. The largest absolute Gasteiger partial charge is 0.359 e. The summed E-state index contributed by atoms with van der Waals surface area (Å²) >= 11 is 0. The van der Waals surface area contributed by atoms with E-state index in [-0.39, 0.29) is 5.54 Å². The molecule has 1 aromatic rings. The van der Waals surface area contributed by atoms with Crippen molar-refractivity contribution in [2.45, 2.75) is 52.1 Å². The summed E-state index contributed by atoms with van der Waals surface area (Å²) in [6.45, 7) is 8.51. The highest BCUT2D eigenvalue weighted by atomic mass is 15.2. The Morgan fingerprint density at radius 3 is 2.63 bits per heavy atom. The third-order valence-electron chi connectivity index (χ3n) is 3.74. The summed E-state index contributed by atoms with van der Waals surface area (Å²) in [5, 5.41) is 3.49. The Balaban J connectivity index is 1.93. The Labute approximate surface area is 117 Å². The van der Waals surface area contributed by atoms with Gasteiger partial charge in [0, 0.05) is 25.7 Å². The second-order valence-electron chi connectivity index (χ2n) is 6.77. The molecule has 0 unspecified atom stereocenters. The Bertz CT molecular complexity index is 405. The molecule has 1 N–H and O–H groups in total. The van der Waals surface area contributed by atoms with E-state index < -0.39 is 0 Å². The molecule has 106 valence electrons. The van der Waals surface area contributed by atoms with Crippen LogP contribution < -0.4 is 10.2 Å². The van der Waals surface area contributed by atoms with Gasteiger partial charge in [-0.25, -0.2) is 4.98 Å². The maximum Gasteiger partial charge on any atom is 0.128 e. The third-order valence-corrected chi connectivity index (χ3v) is 3.74. The van der Waals surface area contributed by atoms with Crippen molar-refractivity contribution in [3.8, 4) is 0 Å². The zero-order valence-electron chi connectivity index (χ0n) is 12.7. The Morgan fingerprint density at radius 2 is 2.05 bits per heavy atom. The second kappa shape index (κ2) is 5.91. The van der Waals surface area contributed by atoms with Gasteiger partial charge in [-0.15, -0.1) is 0 Å². The molecule has 1 aliphatic carbocycles. The minimum atomic E-state index is 0.134. The van der Waals surface area contributed by atoms with E-state index in [1.807, 2.05) is 0 Å². The number of anilines is 1. The molecule has 19 heavy (non-hydrogen) atoms. The lowest BCUT2D eigenvalue weighted by atomic mass is 9.85. The summed E-state index contributed by atoms with van der Waals surface area (Å²) in [6, 6.07) is 6.32. The Hall–Kier alpha value is -1.09. The van der Waals surface area contributed by atoms with Crippen molar-refractivity contribution in [3.05, 3.63) is 23.9 Å². The van der Waals surface area contributed by atoms with Gasteiger partial charge in [0.15, 0.2) is 0 Å². The molecule has 0 spiro atoms. The van der Waals surface area contributed by atoms with Crippen LogP contribution in [0.15, 0.2) is 18.2 Å². The van der Waals surface area contributed by atoms with Gasteiger partial charge in [0.25, 0.3) is 0 Å². The van der Waals surface area contributed by atoms with Gasteiger partial charge in [-0.3, -0.25) is 0 Å². The van der Waals surface area contributed by atoms with Crippen molar-refractivity contribution in [1.82, 2.24) is 10.3 Å². The highest BCUT2D eigenvalue weighted by Gasteiger charge is 2.19. The SMILES string of the molecule is CN(CC1CCC1)c1cccc(CNC(C)(C)C)n1. The molecular formula is C16H27N3. The van der Waals surface area contributed by atoms with Crippen LogP contribution in [-0.2, 0) is 6.54 Å². The summed E-state index contributed by atoms with van der Waals surface area (Å²) in [5.41, 5.74) is 1.25. The zero-order chi connectivity index (χ0) is 13.9. The average molecular weight is 261 g/mol. The second-order valence-corrected chi connectivity index (χ2v) is 6.77. The summed E-state index contributed by atoms with van der Waals surface area (Å²) in [7, 11) is 2.15. The van der Waals surface area contributed by atoms with Crippen molar-refractivity contribution >= 4 is 5.82 Å². The Kier molecular flexibility index (Phi) is 4.46. The first-order chi connectivity index (χ1) is 8.94. The third kappa shape index (κ3) is 4.50. The van der Waals surface area contributed by atoms with E-state index in [9.17, 15) is 0 Å². The highest BCUT2D eigenvalue weighted by Crippen LogP contribution is 2.27. The van der Waals surface area contributed by atoms with Crippen molar-refractivity contribution in [2.24, 2.45) is 5.92 Å². The van der Waals surface area contributed by atoms with Crippen LogP contribution in [0, 0.1) is 5.92 Å². The van der Waals surface area contributed by atoms with Crippen LogP contribution in [0.4, 0.5) is 5.82 Å². The predicted octanol–water partition coefficient (Wildman–Crippen LogP) is 3.21. The lowest BCUT2D eigenvalue weighted by molar-refractivity contribution is 0.321. The fraction of sp³-hybridized carbons (Fsp3) is 0.688. The standard InChI is InChI=1S/C16H27N3/c1-16(2,3)17-11-14-9-6-10-15(18-14)19(4)12-13-7-5-8-13/h6,9-10,13,17H,5,7-8,11-12H2,1-4H3. The van der Waals surface area contributed by atoms with Crippen molar-refractivity contribution in [3.63, 3.8) is 0 Å². The molecule has 0 aromatic carbocycles. The molecule has 1 aliphatic rings. The fourth-order valence-electron chi connectivity index (χ4n) is 2.29. The van der Waals surface area contributed by atoms with Gasteiger partial charge in [0.1, 0.15) is 5.82 Å². The van der Waals surface area contributed by atoms with Crippen LogP contribution in [0.5, 0.6) is 0 Å². The van der Waals surface area contributed by atoms with Crippen LogP contribution in [0.2, 0.25) is 0 Å². The first-order valence-corrected chi connectivity index (χ1v) is 7.36. The summed E-state index contributed by atoms with van der Waals surface area (Å²) in [6.07, 6.45) is 4.17. The molecule has 0 radical (unpaired) electrons. The van der Waals surface area contributed by atoms with E-state index in [0.717, 1.165) is 30.5 Å². The number of nitrogens with zero attached hydrogens (tertiary/aromatic N) is 2. The molecule has 1 aromatic heterocycles. The van der Waals surface area contributed by atoms with Crippen molar-refractivity contribution < 1.29 is 0 Å². The molecule has 3 nitrogen and oxygen atoms in total. The Morgan fingerprint density at radius 1 is 1.32 bits per heavy atom. The van der Waals surface area contributed by atoms with E-state index >= 15 is 0 Å². The van der Waals surface area contributed by atoms with Gasteiger partial charge < -0.3 is 10.2 Å². The molecular weight excluding hydrogens is 234 g/mol. The number of hydrogen-bond donors (Lipinski definition) is 1. The summed E-state index contributed by atoms with van der Waals surface area (Å²) < 4.78 is 0. The topological polar surface area (TPSA) is 28.2 Å². The quantitative estimate of drug-likeness (QED) is 0.882. The molecule has 0 aliphatic heterocycles. The van der Waals surface area contributed by atoms with Gasteiger partial charge in [0.05, 0.1) is 5.69 Å². The molecule has 1 saturated carbocycles. The molecule has 0 bridgehead atoms. The van der Waals surface area contributed by atoms with Crippen LogP contribution >= 0.6 is 0 Å². The van der Waals surface area contributed by atoms with Gasteiger partial charge in [0.2, 0.25) is 0 Å². The first-order valence-electron chi connectivity index (χ1n) is 7.36. The van der Waals surface area contributed by atoms with Crippen molar-refractivity contribution in [2.75, 3.05) is 18.5 Å². The number of nitrogens with one attached hydrogen (secondary N) is 1. The molecule has 0 amide bonds. The average Bonchev–Trinajstić information content (AvgIpc) is 2.30. The fourth-order valence-corrected chi connectivity index (χ4v) is 2.29. The molecule has 2 rings (SSSR count). The molecule has 3 heteroatoms. The predicted molar refractivity (Wildman–Crippen MR) is 81.4 cm³/mol. The van der Waals surface area contributed by atoms with Gasteiger partial charge in [-0.2, -0.15) is 0 Å². The van der Waals surface area contributed by atoms with E-state index in [2.05, 4.69) is 56.2 Å². The van der Waals surface area contributed by atoms with Crippen LogP contribution in [0.3, 0.4) is 0 Å². The number of rotatable bonds is 5. The van der Waals surface area contributed by atoms with Gasteiger partial charge >= 0.3 is 0 Å². The number of pyridine rings is 1.